The van der Waals surface area contributed by atoms with E-state index in [0.717, 1.165) is 30.5 Å². The fraction of sp³-hybridized carbons (Fsp3) is 0.533. The lowest BCUT2D eigenvalue weighted by Gasteiger charge is -2.46. The van der Waals surface area contributed by atoms with Gasteiger partial charge in [0.15, 0.2) is 0 Å². The lowest BCUT2D eigenvalue weighted by atomic mass is 9.85. The number of nitrogens with zero attached hydrogens (tertiary/aromatic N) is 1. The van der Waals surface area contributed by atoms with Crippen molar-refractivity contribution < 1.29 is 4.79 Å². The zero-order valence-corrected chi connectivity index (χ0v) is 11.4. The molecule has 0 spiro atoms. The number of piperidine rings is 1. The second-order valence-corrected chi connectivity index (χ2v) is 5.73. The van der Waals surface area contributed by atoms with Crippen molar-refractivity contribution in [3.8, 4) is 0 Å². The molecule has 1 aliphatic rings. The number of hydrogen-bond donors (Lipinski definition) is 1. The number of aryl methyl sites for hydroxylation is 1. The number of rotatable bonds is 1. The third-order valence-corrected chi connectivity index (χ3v) is 4.01. The summed E-state index contributed by atoms with van der Waals surface area (Å²) in [5.74, 6) is 0.0962. The van der Waals surface area contributed by atoms with Gasteiger partial charge in [-0.3, -0.25) is 4.79 Å². The van der Waals surface area contributed by atoms with E-state index in [0.29, 0.717) is 0 Å². The van der Waals surface area contributed by atoms with Crippen LogP contribution in [0, 0.1) is 6.92 Å². The van der Waals surface area contributed by atoms with Crippen LogP contribution >= 0.6 is 0 Å². The van der Waals surface area contributed by atoms with Crippen LogP contribution in [0.25, 0.3) is 0 Å². The second kappa shape index (κ2) is 4.73. The maximum absolute atomic E-state index is 12.6. The Bertz CT molecular complexity index is 454. The summed E-state index contributed by atoms with van der Waals surface area (Å²) in [5.41, 5.74) is 7.76. The molecule has 98 valence electrons. The Hall–Kier alpha value is -1.35. The van der Waals surface area contributed by atoms with Crippen molar-refractivity contribution in [1.82, 2.24) is 4.90 Å². The van der Waals surface area contributed by atoms with Gasteiger partial charge in [0.25, 0.3) is 5.91 Å². The zero-order chi connectivity index (χ0) is 13.3. The molecular weight excluding hydrogens is 224 g/mol. The zero-order valence-electron chi connectivity index (χ0n) is 11.4. The molecule has 1 saturated heterocycles. The first kappa shape index (κ1) is 13.1. The molecule has 3 nitrogen and oxygen atoms in total. The van der Waals surface area contributed by atoms with E-state index < -0.39 is 0 Å². The average Bonchev–Trinajstić information content (AvgIpc) is 2.32. The molecule has 0 aromatic heterocycles. The largest absolute Gasteiger partial charge is 0.332 e. The van der Waals surface area contributed by atoms with E-state index in [4.69, 9.17) is 5.73 Å². The average molecular weight is 246 g/mol. The maximum atomic E-state index is 12.6. The smallest absolute Gasteiger partial charge is 0.254 e. The summed E-state index contributed by atoms with van der Waals surface area (Å²) < 4.78 is 0. The third-order valence-electron chi connectivity index (χ3n) is 4.01. The number of carbonyl (C=O) groups excluding carboxylic acids is 1. The van der Waals surface area contributed by atoms with Gasteiger partial charge in [0.05, 0.1) is 5.54 Å². The topological polar surface area (TPSA) is 46.3 Å². The molecule has 1 heterocycles. The molecule has 1 aromatic rings. The van der Waals surface area contributed by atoms with Crippen molar-refractivity contribution in [3.63, 3.8) is 0 Å². The molecule has 0 aliphatic carbocycles. The summed E-state index contributed by atoms with van der Waals surface area (Å²) in [5, 5.41) is 0. The van der Waals surface area contributed by atoms with Crippen LogP contribution in [-0.2, 0) is 0 Å². The van der Waals surface area contributed by atoms with Crippen LogP contribution in [0.15, 0.2) is 24.3 Å². The van der Waals surface area contributed by atoms with E-state index in [9.17, 15) is 4.79 Å². The molecule has 1 fully saturated rings. The summed E-state index contributed by atoms with van der Waals surface area (Å²) in [4.78, 5) is 14.5. The SMILES string of the molecule is Cc1cccc(C(=O)N2CCCC(N)C2(C)C)c1. The summed E-state index contributed by atoms with van der Waals surface area (Å²) >= 11 is 0. The lowest BCUT2D eigenvalue weighted by molar-refractivity contribution is 0.0362. The van der Waals surface area contributed by atoms with Gasteiger partial charge in [-0.1, -0.05) is 17.7 Å². The van der Waals surface area contributed by atoms with E-state index in [1.165, 1.54) is 0 Å². The first-order chi connectivity index (χ1) is 8.43. The van der Waals surface area contributed by atoms with Gasteiger partial charge < -0.3 is 10.6 Å². The van der Waals surface area contributed by atoms with E-state index in [1.807, 2.05) is 36.1 Å². The Morgan fingerprint density at radius 3 is 2.83 bits per heavy atom. The number of hydrogen-bond acceptors (Lipinski definition) is 2. The standard InChI is InChI=1S/C15H22N2O/c1-11-6-4-7-12(10-11)14(18)17-9-5-8-13(16)15(17,2)3/h4,6-7,10,13H,5,8-9,16H2,1-3H3. The molecule has 0 bridgehead atoms. The highest BCUT2D eigenvalue weighted by Gasteiger charge is 2.39. The highest BCUT2D eigenvalue weighted by Crippen LogP contribution is 2.28. The van der Waals surface area contributed by atoms with Crippen LogP contribution in [0.5, 0.6) is 0 Å². The fourth-order valence-corrected chi connectivity index (χ4v) is 2.61. The van der Waals surface area contributed by atoms with Crippen molar-refractivity contribution in [1.29, 1.82) is 0 Å². The van der Waals surface area contributed by atoms with Gasteiger partial charge in [-0.25, -0.2) is 0 Å². The van der Waals surface area contributed by atoms with Crippen molar-refractivity contribution in [3.05, 3.63) is 35.4 Å². The first-order valence-corrected chi connectivity index (χ1v) is 6.57. The van der Waals surface area contributed by atoms with Crippen LogP contribution in [0.2, 0.25) is 0 Å². The highest BCUT2D eigenvalue weighted by molar-refractivity contribution is 5.95. The van der Waals surface area contributed by atoms with E-state index >= 15 is 0 Å². The van der Waals surface area contributed by atoms with E-state index in [1.54, 1.807) is 0 Å². The fourth-order valence-electron chi connectivity index (χ4n) is 2.61. The molecule has 2 N–H and O–H groups in total. The normalized spacial score (nSPS) is 22.9. The lowest BCUT2D eigenvalue weighted by Crippen LogP contribution is -2.61. The Morgan fingerprint density at radius 1 is 1.44 bits per heavy atom. The molecule has 2 rings (SSSR count). The highest BCUT2D eigenvalue weighted by atomic mass is 16.2. The number of benzene rings is 1. The Kier molecular flexibility index (Phi) is 3.44. The Morgan fingerprint density at radius 2 is 2.17 bits per heavy atom. The van der Waals surface area contributed by atoms with Gasteiger partial charge in [0.1, 0.15) is 0 Å². The van der Waals surface area contributed by atoms with Crippen molar-refractivity contribution >= 4 is 5.91 Å². The molecular formula is C15H22N2O. The first-order valence-electron chi connectivity index (χ1n) is 6.57. The summed E-state index contributed by atoms with van der Waals surface area (Å²) in [6.45, 7) is 6.92. The quantitative estimate of drug-likeness (QED) is 0.826. The Balaban J connectivity index is 2.28. The minimum atomic E-state index is -0.265. The number of likely N-dealkylation sites (tertiary alicyclic amines) is 1. The van der Waals surface area contributed by atoms with Crippen LogP contribution < -0.4 is 5.73 Å². The minimum Gasteiger partial charge on any atom is -0.332 e. The predicted molar refractivity (Wildman–Crippen MR) is 73.5 cm³/mol. The van der Waals surface area contributed by atoms with E-state index in [-0.39, 0.29) is 17.5 Å². The molecule has 1 aromatic carbocycles. The molecule has 1 aliphatic heterocycles. The molecule has 1 amide bonds. The second-order valence-electron chi connectivity index (χ2n) is 5.73. The van der Waals surface area contributed by atoms with Gasteiger partial charge in [-0.2, -0.15) is 0 Å². The maximum Gasteiger partial charge on any atom is 0.254 e. The Labute approximate surface area is 109 Å². The van der Waals surface area contributed by atoms with Gasteiger partial charge >= 0.3 is 0 Å². The molecule has 1 atom stereocenters. The monoisotopic (exact) mass is 246 g/mol. The van der Waals surface area contributed by atoms with Gasteiger partial charge in [0, 0.05) is 18.2 Å². The number of amides is 1. The van der Waals surface area contributed by atoms with Gasteiger partial charge in [-0.15, -0.1) is 0 Å². The summed E-state index contributed by atoms with van der Waals surface area (Å²) in [6, 6.07) is 7.81. The van der Waals surface area contributed by atoms with Crippen molar-refractivity contribution in [2.24, 2.45) is 5.73 Å². The van der Waals surface area contributed by atoms with Gasteiger partial charge in [0.2, 0.25) is 0 Å². The third kappa shape index (κ3) is 2.27. The van der Waals surface area contributed by atoms with Crippen LogP contribution in [0.1, 0.15) is 42.6 Å². The van der Waals surface area contributed by atoms with Crippen LogP contribution in [-0.4, -0.2) is 28.9 Å². The summed E-state index contributed by atoms with van der Waals surface area (Å²) in [7, 11) is 0. The van der Waals surface area contributed by atoms with Gasteiger partial charge in [-0.05, 0) is 45.7 Å². The van der Waals surface area contributed by atoms with E-state index in [2.05, 4.69) is 13.8 Å². The number of nitrogens with two attached hydrogens (primary N) is 1. The van der Waals surface area contributed by atoms with Crippen LogP contribution in [0.3, 0.4) is 0 Å². The summed E-state index contributed by atoms with van der Waals surface area (Å²) in [6.07, 6.45) is 1.98. The molecule has 18 heavy (non-hydrogen) atoms. The molecule has 0 saturated carbocycles. The molecule has 3 heteroatoms. The minimum absolute atomic E-state index is 0.0556. The molecule has 1 unspecified atom stereocenters. The number of carbonyl (C=O) groups is 1. The molecule has 0 radical (unpaired) electrons. The van der Waals surface area contributed by atoms with Crippen LogP contribution in [0.4, 0.5) is 0 Å². The van der Waals surface area contributed by atoms with Crippen molar-refractivity contribution in [2.45, 2.75) is 45.2 Å². The van der Waals surface area contributed by atoms with Crippen molar-refractivity contribution in [2.75, 3.05) is 6.54 Å². The predicted octanol–water partition coefficient (Wildman–Crippen LogP) is 2.34.